The van der Waals surface area contributed by atoms with Crippen molar-refractivity contribution in [2.45, 2.75) is 52.7 Å². The minimum absolute atomic E-state index is 0.230. The summed E-state index contributed by atoms with van der Waals surface area (Å²) >= 11 is 3.16. The number of anilines is 1. The standard InChI is InChI=1S/C16H22BrFNO4P/c1-15(2,3)22-13(20)19(14(21)23-16(4,5)6)12-10(18)7-9(17)8-11(12)24/h7-8H,24H2,1-6H3. The van der Waals surface area contributed by atoms with Gasteiger partial charge in [-0.3, -0.25) is 0 Å². The van der Waals surface area contributed by atoms with Crippen molar-refractivity contribution in [3.05, 3.63) is 22.4 Å². The lowest BCUT2D eigenvalue weighted by Gasteiger charge is -2.29. The van der Waals surface area contributed by atoms with E-state index >= 15 is 0 Å². The predicted octanol–water partition coefficient (Wildman–Crippen LogP) is 4.77. The molecule has 8 heteroatoms. The monoisotopic (exact) mass is 421 g/mol. The number of hydrogen-bond donors (Lipinski definition) is 0. The number of rotatable bonds is 1. The van der Waals surface area contributed by atoms with Crippen LogP contribution in [0.15, 0.2) is 16.6 Å². The normalized spacial score (nSPS) is 11.9. The number of ether oxygens (including phenoxy) is 2. The van der Waals surface area contributed by atoms with E-state index in [4.69, 9.17) is 9.47 Å². The maximum Gasteiger partial charge on any atom is 0.424 e. The number of amides is 2. The molecule has 0 aliphatic rings. The Balaban J connectivity index is 3.39. The van der Waals surface area contributed by atoms with Gasteiger partial charge in [0.15, 0.2) is 0 Å². The van der Waals surface area contributed by atoms with Crippen LogP contribution in [0.25, 0.3) is 0 Å². The first kappa shape index (κ1) is 20.8. The van der Waals surface area contributed by atoms with Gasteiger partial charge in [0.05, 0.1) is 0 Å². The maximum atomic E-state index is 14.4. The van der Waals surface area contributed by atoms with Crippen LogP contribution in [0.4, 0.5) is 19.7 Å². The third-order valence-electron chi connectivity index (χ3n) is 2.43. The molecule has 0 aliphatic heterocycles. The second-order valence-corrected chi connectivity index (χ2v) is 8.66. The molecule has 0 N–H and O–H groups in total. The number of carbonyl (C=O) groups is 2. The van der Waals surface area contributed by atoms with Crippen molar-refractivity contribution >= 4 is 48.3 Å². The van der Waals surface area contributed by atoms with E-state index in [1.807, 2.05) is 0 Å². The highest BCUT2D eigenvalue weighted by Gasteiger charge is 2.35. The molecule has 0 radical (unpaired) electrons. The molecule has 0 aromatic heterocycles. The van der Waals surface area contributed by atoms with Gasteiger partial charge in [0.1, 0.15) is 22.7 Å². The number of benzene rings is 1. The van der Waals surface area contributed by atoms with E-state index in [2.05, 4.69) is 25.2 Å². The highest BCUT2D eigenvalue weighted by atomic mass is 79.9. The number of halogens is 2. The molecule has 0 saturated carbocycles. The molecule has 1 rings (SSSR count). The van der Waals surface area contributed by atoms with Gasteiger partial charge in [0.25, 0.3) is 0 Å². The van der Waals surface area contributed by atoms with Crippen LogP contribution in [0.2, 0.25) is 0 Å². The van der Waals surface area contributed by atoms with Crippen LogP contribution < -0.4 is 10.2 Å². The zero-order chi connectivity index (χ0) is 18.9. The van der Waals surface area contributed by atoms with E-state index in [0.717, 1.165) is 6.07 Å². The van der Waals surface area contributed by atoms with Crippen molar-refractivity contribution in [1.29, 1.82) is 0 Å². The zero-order valence-electron chi connectivity index (χ0n) is 14.6. The third kappa shape index (κ3) is 6.02. The molecule has 1 aromatic carbocycles. The van der Waals surface area contributed by atoms with E-state index in [-0.39, 0.29) is 5.69 Å². The summed E-state index contributed by atoms with van der Waals surface area (Å²) < 4.78 is 25.4. The Morgan fingerprint density at radius 1 is 1.04 bits per heavy atom. The van der Waals surface area contributed by atoms with Crippen LogP contribution >= 0.6 is 25.2 Å². The molecule has 0 aliphatic carbocycles. The first-order valence-electron chi connectivity index (χ1n) is 7.22. The van der Waals surface area contributed by atoms with E-state index in [9.17, 15) is 14.0 Å². The smallest absolute Gasteiger partial charge is 0.424 e. The Labute approximate surface area is 152 Å². The van der Waals surface area contributed by atoms with Crippen LogP contribution in [0.1, 0.15) is 41.5 Å². The summed E-state index contributed by atoms with van der Waals surface area (Å²) in [5.41, 5.74) is -1.94. The van der Waals surface area contributed by atoms with Crippen LogP contribution in [-0.4, -0.2) is 23.4 Å². The summed E-state index contributed by atoms with van der Waals surface area (Å²) in [5.74, 6) is -0.758. The van der Waals surface area contributed by atoms with Crippen LogP contribution in [0, 0.1) is 5.82 Å². The van der Waals surface area contributed by atoms with Gasteiger partial charge in [-0.15, -0.1) is 9.24 Å². The van der Waals surface area contributed by atoms with Gasteiger partial charge in [-0.05, 0) is 59.0 Å². The maximum absolute atomic E-state index is 14.4. The van der Waals surface area contributed by atoms with Gasteiger partial charge in [0, 0.05) is 4.47 Å². The average molecular weight is 422 g/mol. The molecule has 1 atom stereocenters. The first-order valence-corrected chi connectivity index (χ1v) is 8.59. The molecule has 0 heterocycles. The Hall–Kier alpha value is -1.20. The summed E-state index contributed by atoms with van der Waals surface area (Å²) in [6.45, 7) is 9.90. The Bertz CT molecular complexity index is 601. The van der Waals surface area contributed by atoms with Crippen molar-refractivity contribution in [1.82, 2.24) is 0 Å². The van der Waals surface area contributed by atoms with E-state index in [0.29, 0.717) is 14.7 Å². The second-order valence-electron chi connectivity index (χ2n) is 7.12. The number of nitrogens with zero attached hydrogens (tertiary/aromatic N) is 1. The molecule has 0 spiro atoms. The molecule has 0 fully saturated rings. The van der Waals surface area contributed by atoms with Crippen molar-refractivity contribution in [3.63, 3.8) is 0 Å². The van der Waals surface area contributed by atoms with Gasteiger partial charge in [-0.25, -0.2) is 14.0 Å². The summed E-state index contributed by atoms with van der Waals surface area (Å²) in [5, 5.41) is 0.304. The highest BCUT2D eigenvalue weighted by molar-refractivity contribution is 9.10. The fourth-order valence-electron chi connectivity index (χ4n) is 1.69. The topological polar surface area (TPSA) is 55.8 Å². The van der Waals surface area contributed by atoms with Gasteiger partial charge in [-0.2, -0.15) is 4.90 Å². The lowest BCUT2D eigenvalue weighted by atomic mass is 10.2. The number of hydrogen-bond acceptors (Lipinski definition) is 4. The van der Waals surface area contributed by atoms with E-state index < -0.39 is 29.2 Å². The lowest BCUT2D eigenvalue weighted by molar-refractivity contribution is 0.0429. The molecule has 134 valence electrons. The SMILES string of the molecule is CC(C)(C)OC(=O)N(C(=O)OC(C)(C)C)c1c(F)cc(Br)cc1P. The second kappa shape index (κ2) is 7.36. The minimum Gasteiger partial charge on any atom is -0.443 e. The van der Waals surface area contributed by atoms with E-state index in [1.54, 1.807) is 47.6 Å². The largest absolute Gasteiger partial charge is 0.443 e. The Morgan fingerprint density at radius 3 is 1.79 bits per heavy atom. The fraction of sp³-hybridized carbons (Fsp3) is 0.500. The zero-order valence-corrected chi connectivity index (χ0v) is 17.3. The quantitative estimate of drug-likeness (QED) is 0.613. The summed E-state index contributed by atoms with van der Waals surface area (Å²) in [7, 11) is 2.29. The van der Waals surface area contributed by atoms with Crippen molar-refractivity contribution < 1.29 is 23.5 Å². The first-order chi connectivity index (χ1) is 10.7. The molecular weight excluding hydrogens is 400 g/mol. The van der Waals surface area contributed by atoms with Crippen LogP contribution in [0.3, 0.4) is 0 Å². The van der Waals surface area contributed by atoms with Gasteiger partial charge >= 0.3 is 12.2 Å². The molecule has 1 aromatic rings. The molecule has 1 unspecified atom stereocenters. The summed E-state index contributed by atoms with van der Waals surface area (Å²) in [6, 6.07) is 2.72. The summed E-state index contributed by atoms with van der Waals surface area (Å²) in [4.78, 5) is 25.6. The molecule has 0 saturated heterocycles. The Kier molecular flexibility index (Phi) is 6.39. The van der Waals surface area contributed by atoms with E-state index in [1.165, 1.54) is 0 Å². The lowest BCUT2D eigenvalue weighted by Crippen LogP contribution is -2.45. The van der Waals surface area contributed by atoms with Gasteiger partial charge in [0.2, 0.25) is 0 Å². The van der Waals surface area contributed by atoms with Crippen molar-refractivity contribution in [2.75, 3.05) is 4.90 Å². The molecule has 2 amide bonds. The highest BCUT2D eigenvalue weighted by Crippen LogP contribution is 2.27. The van der Waals surface area contributed by atoms with Crippen molar-refractivity contribution in [3.8, 4) is 0 Å². The third-order valence-corrected chi connectivity index (χ3v) is 3.33. The predicted molar refractivity (Wildman–Crippen MR) is 98.4 cm³/mol. The van der Waals surface area contributed by atoms with Crippen LogP contribution in [-0.2, 0) is 9.47 Å². The summed E-state index contributed by atoms with van der Waals surface area (Å²) in [6.07, 6.45) is -2.02. The molecule has 0 bridgehead atoms. The van der Waals surface area contributed by atoms with Crippen molar-refractivity contribution in [2.24, 2.45) is 0 Å². The molecule has 5 nitrogen and oxygen atoms in total. The number of imide groups is 1. The minimum atomic E-state index is -1.01. The van der Waals surface area contributed by atoms with Gasteiger partial charge < -0.3 is 9.47 Å². The number of carbonyl (C=O) groups excluding carboxylic acids is 2. The fourth-order valence-corrected chi connectivity index (χ4v) is 2.83. The van der Waals surface area contributed by atoms with Crippen LogP contribution in [0.5, 0.6) is 0 Å². The van der Waals surface area contributed by atoms with Gasteiger partial charge in [-0.1, -0.05) is 15.9 Å². The average Bonchev–Trinajstić information content (AvgIpc) is 2.28. The molecular formula is C16H22BrFNO4P. The Morgan fingerprint density at radius 2 is 1.46 bits per heavy atom. The molecule has 24 heavy (non-hydrogen) atoms.